The molecular weight excluding hydrogens is 294 g/mol. The number of thiazole rings is 1. The largest absolute Gasteiger partial charge is 0.507 e. The summed E-state index contributed by atoms with van der Waals surface area (Å²) >= 11 is 1.56. The van der Waals surface area contributed by atoms with Crippen LogP contribution in [0.1, 0.15) is 24.5 Å². The molecule has 0 amide bonds. The molecular formula is C17H17N3OS. The third-order valence-electron chi connectivity index (χ3n) is 3.38. The number of nitrogens with zero attached hydrogens (tertiary/aromatic N) is 2. The van der Waals surface area contributed by atoms with E-state index in [-0.39, 0.29) is 5.75 Å². The van der Waals surface area contributed by atoms with Crippen molar-refractivity contribution in [3.63, 3.8) is 0 Å². The molecule has 0 spiro atoms. The Bertz CT molecular complexity index is 806. The molecule has 0 aliphatic rings. The van der Waals surface area contributed by atoms with Gasteiger partial charge in [-0.05, 0) is 37.6 Å². The van der Waals surface area contributed by atoms with E-state index in [4.69, 9.17) is 0 Å². The minimum atomic E-state index is 0.247. The summed E-state index contributed by atoms with van der Waals surface area (Å²) in [7, 11) is 0. The molecule has 0 aliphatic carbocycles. The Labute approximate surface area is 133 Å². The fourth-order valence-electron chi connectivity index (χ4n) is 2.25. The van der Waals surface area contributed by atoms with Crippen LogP contribution in [0.15, 0.2) is 47.6 Å². The van der Waals surface area contributed by atoms with Crippen LogP contribution in [-0.4, -0.2) is 15.8 Å². The lowest BCUT2D eigenvalue weighted by atomic mass is 10.0. The average molecular weight is 311 g/mol. The van der Waals surface area contributed by atoms with Gasteiger partial charge >= 0.3 is 0 Å². The molecule has 3 aromatic rings. The number of fused-ring (bicyclic) bond motifs is 1. The van der Waals surface area contributed by atoms with Crippen LogP contribution in [0.3, 0.4) is 0 Å². The minimum absolute atomic E-state index is 0.247. The number of benzene rings is 2. The Kier molecular flexibility index (Phi) is 4.06. The van der Waals surface area contributed by atoms with E-state index in [1.165, 1.54) is 0 Å². The van der Waals surface area contributed by atoms with Crippen molar-refractivity contribution in [2.45, 2.75) is 20.3 Å². The lowest BCUT2D eigenvalue weighted by Crippen LogP contribution is -2.04. The zero-order valence-electron chi connectivity index (χ0n) is 12.5. The van der Waals surface area contributed by atoms with Crippen LogP contribution in [0, 0.1) is 6.92 Å². The zero-order valence-corrected chi connectivity index (χ0v) is 13.3. The summed E-state index contributed by atoms with van der Waals surface area (Å²) in [4.78, 5) is 4.49. The van der Waals surface area contributed by atoms with Gasteiger partial charge in [0.15, 0.2) is 0 Å². The van der Waals surface area contributed by atoms with Gasteiger partial charge < -0.3 is 5.11 Å². The number of hydrogen-bond acceptors (Lipinski definition) is 5. The summed E-state index contributed by atoms with van der Waals surface area (Å²) < 4.78 is 1.12. The number of aryl methyl sites for hydroxylation is 1. The van der Waals surface area contributed by atoms with Gasteiger partial charge in [0.2, 0.25) is 5.13 Å². The maximum atomic E-state index is 10.0. The molecule has 0 aliphatic heterocycles. The Morgan fingerprint density at radius 2 is 2.09 bits per heavy atom. The number of aromatic nitrogens is 1. The molecule has 5 heteroatoms. The molecule has 4 nitrogen and oxygen atoms in total. The van der Waals surface area contributed by atoms with E-state index in [1.54, 1.807) is 17.4 Å². The number of hydrogen-bond donors (Lipinski definition) is 2. The van der Waals surface area contributed by atoms with Gasteiger partial charge in [0, 0.05) is 5.56 Å². The topological polar surface area (TPSA) is 57.5 Å². The van der Waals surface area contributed by atoms with Crippen LogP contribution in [0.2, 0.25) is 0 Å². The van der Waals surface area contributed by atoms with Crippen LogP contribution < -0.4 is 5.43 Å². The number of phenols is 1. The van der Waals surface area contributed by atoms with Crippen molar-refractivity contribution in [2.75, 3.05) is 5.43 Å². The zero-order chi connectivity index (χ0) is 15.5. The molecule has 22 heavy (non-hydrogen) atoms. The summed E-state index contributed by atoms with van der Waals surface area (Å²) in [5.74, 6) is 0.247. The van der Waals surface area contributed by atoms with E-state index in [0.717, 1.165) is 38.6 Å². The Balaban J connectivity index is 1.90. The van der Waals surface area contributed by atoms with Crippen LogP contribution >= 0.6 is 11.3 Å². The first-order valence-corrected chi connectivity index (χ1v) is 7.97. The first-order valence-electron chi connectivity index (χ1n) is 7.15. The monoisotopic (exact) mass is 311 g/mol. The predicted molar refractivity (Wildman–Crippen MR) is 92.9 cm³/mol. The molecule has 0 unspecified atom stereocenters. The van der Waals surface area contributed by atoms with Crippen molar-refractivity contribution in [1.82, 2.24) is 4.98 Å². The van der Waals surface area contributed by atoms with Crippen LogP contribution in [0.5, 0.6) is 5.75 Å². The average Bonchev–Trinajstić information content (AvgIpc) is 2.94. The lowest BCUT2D eigenvalue weighted by molar-refractivity contribution is 0.474. The molecule has 1 aromatic heterocycles. The summed E-state index contributed by atoms with van der Waals surface area (Å²) in [5.41, 5.74) is 6.63. The van der Waals surface area contributed by atoms with Crippen LogP contribution in [0.25, 0.3) is 10.2 Å². The van der Waals surface area contributed by atoms with Gasteiger partial charge in [-0.3, -0.25) is 5.43 Å². The Morgan fingerprint density at radius 1 is 1.27 bits per heavy atom. The maximum Gasteiger partial charge on any atom is 0.204 e. The molecule has 0 radical (unpaired) electrons. The molecule has 3 rings (SSSR count). The van der Waals surface area contributed by atoms with Crippen molar-refractivity contribution < 1.29 is 5.11 Å². The van der Waals surface area contributed by atoms with E-state index in [2.05, 4.69) is 15.5 Å². The molecule has 0 bridgehead atoms. The molecule has 1 heterocycles. The highest BCUT2D eigenvalue weighted by atomic mass is 32.1. The van der Waals surface area contributed by atoms with E-state index >= 15 is 0 Å². The lowest BCUT2D eigenvalue weighted by Gasteiger charge is -2.07. The smallest absolute Gasteiger partial charge is 0.204 e. The summed E-state index contributed by atoms with van der Waals surface area (Å²) in [6, 6.07) is 13.5. The number of phenolic OH excluding ortho intramolecular Hbond substituents is 1. The molecule has 2 N–H and O–H groups in total. The molecule has 0 saturated heterocycles. The number of hydrazone groups is 1. The third-order valence-corrected chi connectivity index (χ3v) is 4.32. The Morgan fingerprint density at radius 3 is 2.86 bits per heavy atom. The number of anilines is 1. The molecule has 0 atom stereocenters. The quantitative estimate of drug-likeness (QED) is 0.549. The highest BCUT2D eigenvalue weighted by Crippen LogP contribution is 2.26. The van der Waals surface area contributed by atoms with Gasteiger partial charge in [-0.15, -0.1) is 0 Å². The predicted octanol–water partition coefficient (Wildman–Crippen LogP) is 4.54. The Hall–Kier alpha value is -2.40. The maximum absolute atomic E-state index is 10.0. The molecule has 2 aromatic carbocycles. The van der Waals surface area contributed by atoms with Gasteiger partial charge in [0.25, 0.3) is 0 Å². The standard InChI is InChI=1S/C17H17N3OS/c1-3-13(12-10-11(2)8-9-15(12)21)19-20-17-18-14-6-4-5-7-16(14)22-17/h4-10,21H,3H2,1-2H3,(H,18,20)/b19-13+. The third kappa shape index (κ3) is 2.94. The van der Waals surface area contributed by atoms with Gasteiger partial charge in [-0.1, -0.05) is 42.0 Å². The van der Waals surface area contributed by atoms with Gasteiger partial charge in [0.05, 0.1) is 15.9 Å². The second-order valence-corrected chi connectivity index (χ2v) is 6.06. The second kappa shape index (κ2) is 6.15. The molecule has 112 valence electrons. The fraction of sp³-hybridized carbons (Fsp3) is 0.176. The minimum Gasteiger partial charge on any atom is -0.507 e. The first-order chi connectivity index (χ1) is 10.7. The van der Waals surface area contributed by atoms with Crippen molar-refractivity contribution in [1.29, 1.82) is 0 Å². The number of nitrogens with one attached hydrogen (secondary N) is 1. The van der Waals surface area contributed by atoms with Gasteiger partial charge in [-0.25, -0.2) is 4.98 Å². The number of aromatic hydroxyl groups is 1. The van der Waals surface area contributed by atoms with E-state index in [1.807, 2.05) is 50.2 Å². The molecule has 0 fully saturated rings. The van der Waals surface area contributed by atoms with E-state index in [9.17, 15) is 5.11 Å². The van der Waals surface area contributed by atoms with E-state index in [0.29, 0.717) is 0 Å². The van der Waals surface area contributed by atoms with Crippen LogP contribution in [0.4, 0.5) is 5.13 Å². The van der Waals surface area contributed by atoms with Crippen molar-refractivity contribution in [2.24, 2.45) is 5.10 Å². The van der Waals surface area contributed by atoms with Gasteiger partial charge in [-0.2, -0.15) is 5.10 Å². The summed E-state index contributed by atoms with van der Waals surface area (Å²) in [6.45, 7) is 4.01. The highest BCUT2D eigenvalue weighted by molar-refractivity contribution is 7.22. The summed E-state index contributed by atoms with van der Waals surface area (Å²) in [6.07, 6.45) is 0.717. The van der Waals surface area contributed by atoms with Crippen LogP contribution in [-0.2, 0) is 0 Å². The molecule has 0 saturated carbocycles. The van der Waals surface area contributed by atoms with Crippen molar-refractivity contribution in [3.05, 3.63) is 53.6 Å². The number of para-hydroxylation sites is 1. The fourth-order valence-corrected chi connectivity index (χ4v) is 3.05. The number of rotatable bonds is 4. The van der Waals surface area contributed by atoms with Crippen molar-refractivity contribution >= 4 is 32.4 Å². The van der Waals surface area contributed by atoms with Gasteiger partial charge in [0.1, 0.15) is 5.75 Å². The van der Waals surface area contributed by atoms with E-state index < -0.39 is 0 Å². The first kappa shape index (κ1) is 14.5. The second-order valence-electron chi connectivity index (χ2n) is 5.03. The summed E-state index contributed by atoms with van der Waals surface area (Å²) in [5, 5.41) is 15.2. The van der Waals surface area contributed by atoms with Crippen molar-refractivity contribution in [3.8, 4) is 5.75 Å². The highest BCUT2D eigenvalue weighted by Gasteiger charge is 2.08. The SMILES string of the molecule is CC/C(=N\Nc1nc2ccccc2s1)c1cc(C)ccc1O. The normalized spacial score (nSPS) is 11.8.